The second-order valence-corrected chi connectivity index (χ2v) is 7.21. The molecule has 2 aliphatic heterocycles. The number of ether oxygens (including phenoxy) is 2. The van der Waals surface area contributed by atoms with Crippen LogP contribution >= 0.6 is 0 Å². The average molecular weight is 334 g/mol. The van der Waals surface area contributed by atoms with Crippen molar-refractivity contribution in [3.8, 4) is 0 Å². The summed E-state index contributed by atoms with van der Waals surface area (Å²) in [6.07, 6.45) is 4.48. The minimum absolute atomic E-state index is 0.269. The van der Waals surface area contributed by atoms with Crippen molar-refractivity contribution in [3.63, 3.8) is 0 Å². The minimum atomic E-state index is 0.269. The van der Waals surface area contributed by atoms with Crippen LogP contribution < -0.4 is 9.80 Å². The first-order valence-electron chi connectivity index (χ1n) is 9.00. The molecule has 3 heterocycles. The quantitative estimate of drug-likeness (QED) is 0.841. The first kappa shape index (κ1) is 17.4. The van der Waals surface area contributed by atoms with Crippen molar-refractivity contribution in [2.45, 2.75) is 38.9 Å². The van der Waals surface area contributed by atoms with E-state index < -0.39 is 0 Å². The van der Waals surface area contributed by atoms with E-state index >= 15 is 0 Å². The van der Waals surface area contributed by atoms with Gasteiger partial charge < -0.3 is 19.3 Å². The molecule has 24 heavy (non-hydrogen) atoms. The van der Waals surface area contributed by atoms with Crippen LogP contribution in [0.3, 0.4) is 0 Å². The number of nitrogens with zero attached hydrogens (tertiary/aromatic N) is 4. The molecule has 0 aromatic carbocycles. The second-order valence-electron chi connectivity index (χ2n) is 7.21. The molecule has 0 N–H and O–H groups in total. The Labute approximate surface area is 145 Å². The van der Waals surface area contributed by atoms with Gasteiger partial charge in [-0.2, -0.15) is 0 Å². The molecule has 1 aromatic heterocycles. The Morgan fingerprint density at radius 1 is 0.875 bits per heavy atom. The summed E-state index contributed by atoms with van der Waals surface area (Å²) < 4.78 is 11.3. The van der Waals surface area contributed by atoms with Crippen LogP contribution in [-0.2, 0) is 9.47 Å². The van der Waals surface area contributed by atoms with Gasteiger partial charge in [0.05, 0.1) is 12.2 Å². The van der Waals surface area contributed by atoms with Crippen LogP contribution in [-0.4, -0.2) is 62.6 Å². The Balaban J connectivity index is 1.72. The highest BCUT2D eigenvalue weighted by Crippen LogP contribution is 2.27. The van der Waals surface area contributed by atoms with Gasteiger partial charge in [0, 0.05) is 46.5 Å². The van der Waals surface area contributed by atoms with E-state index in [1.807, 2.05) is 0 Å². The van der Waals surface area contributed by atoms with Crippen LogP contribution in [0.2, 0.25) is 0 Å². The topological polar surface area (TPSA) is 50.7 Å². The van der Waals surface area contributed by atoms with E-state index in [1.165, 1.54) is 0 Å². The van der Waals surface area contributed by atoms with Gasteiger partial charge in [-0.15, -0.1) is 0 Å². The lowest BCUT2D eigenvalue weighted by Gasteiger charge is -2.38. The molecule has 2 aliphatic rings. The van der Waals surface area contributed by atoms with Crippen molar-refractivity contribution in [1.82, 2.24) is 9.97 Å². The fourth-order valence-corrected chi connectivity index (χ4v) is 3.78. The number of methoxy groups -OCH3 is 2. The third-order valence-electron chi connectivity index (χ3n) is 5.67. The zero-order valence-corrected chi connectivity index (χ0v) is 15.3. The SMILES string of the molecule is COC1CN(c2cc(N3CCC(C)C(OC)C3)ncn2)CCC1C. The van der Waals surface area contributed by atoms with Gasteiger partial charge in [0.15, 0.2) is 0 Å². The lowest BCUT2D eigenvalue weighted by molar-refractivity contribution is 0.0493. The standard InChI is InChI=1S/C18H30N4O2/c1-13-5-7-21(10-15(13)23-3)17-9-18(20-12-19-17)22-8-6-14(2)16(11-22)24-4/h9,12-16H,5-8,10-11H2,1-4H3. The van der Waals surface area contributed by atoms with Crippen molar-refractivity contribution in [2.75, 3.05) is 50.2 Å². The molecule has 4 atom stereocenters. The third kappa shape index (κ3) is 3.64. The Morgan fingerprint density at radius 2 is 1.33 bits per heavy atom. The van der Waals surface area contributed by atoms with Crippen molar-refractivity contribution < 1.29 is 9.47 Å². The van der Waals surface area contributed by atoms with Crippen molar-refractivity contribution in [2.24, 2.45) is 11.8 Å². The van der Waals surface area contributed by atoms with Gasteiger partial charge in [0.25, 0.3) is 0 Å². The fraction of sp³-hybridized carbons (Fsp3) is 0.778. The van der Waals surface area contributed by atoms with E-state index in [-0.39, 0.29) is 12.2 Å². The monoisotopic (exact) mass is 334 g/mol. The van der Waals surface area contributed by atoms with E-state index in [1.54, 1.807) is 20.5 Å². The number of rotatable bonds is 4. The number of hydrogen-bond donors (Lipinski definition) is 0. The molecular formula is C18H30N4O2. The van der Waals surface area contributed by atoms with Gasteiger partial charge in [0.1, 0.15) is 18.0 Å². The van der Waals surface area contributed by atoms with Crippen LogP contribution in [0.25, 0.3) is 0 Å². The summed E-state index contributed by atoms with van der Waals surface area (Å²) in [4.78, 5) is 13.7. The fourth-order valence-electron chi connectivity index (χ4n) is 3.78. The first-order valence-corrected chi connectivity index (χ1v) is 9.00. The largest absolute Gasteiger partial charge is 0.379 e. The summed E-state index contributed by atoms with van der Waals surface area (Å²) in [6.45, 7) is 8.36. The highest BCUT2D eigenvalue weighted by atomic mass is 16.5. The predicted molar refractivity (Wildman–Crippen MR) is 95.6 cm³/mol. The number of aromatic nitrogens is 2. The molecule has 0 spiro atoms. The normalized spacial score (nSPS) is 31.3. The van der Waals surface area contributed by atoms with Gasteiger partial charge in [0.2, 0.25) is 0 Å². The summed E-state index contributed by atoms with van der Waals surface area (Å²) in [5.74, 6) is 3.19. The summed E-state index contributed by atoms with van der Waals surface area (Å²) in [7, 11) is 3.60. The molecule has 4 unspecified atom stereocenters. The number of anilines is 2. The summed E-state index contributed by atoms with van der Waals surface area (Å²) >= 11 is 0. The first-order chi connectivity index (χ1) is 11.6. The molecule has 0 amide bonds. The Bertz CT molecular complexity index is 498. The maximum Gasteiger partial charge on any atom is 0.134 e. The molecular weight excluding hydrogens is 304 g/mol. The smallest absolute Gasteiger partial charge is 0.134 e. The molecule has 134 valence electrons. The van der Waals surface area contributed by atoms with Gasteiger partial charge >= 0.3 is 0 Å². The van der Waals surface area contributed by atoms with Gasteiger partial charge in [-0.25, -0.2) is 9.97 Å². The average Bonchev–Trinajstić information content (AvgIpc) is 2.62. The zero-order chi connectivity index (χ0) is 17.1. The van der Waals surface area contributed by atoms with E-state index in [0.29, 0.717) is 11.8 Å². The molecule has 0 saturated carbocycles. The van der Waals surface area contributed by atoms with Gasteiger partial charge in [-0.05, 0) is 24.7 Å². The molecule has 1 aromatic rings. The Hall–Kier alpha value is -1.40. The zero-order valence-electron chi connectivity index (χ0n) is 15.3. The van der Waals surface area contributed by atoms with E-state index in [2.05, 4.69) is 39.7 Å². The predicted octanol–water partition coefficient (Wildman–Crippen LogP) is 2.20. The third-order valence-corrected chi connectivity index (χ3v) is 5.67. The maximum atomic E-state index is 5.63. The molecule has 6 heteroatoms. The molecule has 0 bridgehead atoms. The second kappa shape index (κ2) is 7.66. The maximum absolute atomic E-state index is 5.63. The molecule has 6 nitrogen and oxygen atoms in total. The molecule has 2 fully saturated rings. The lowest BCUT2D eigenvalue weighted by atomic mass is 9.95. The van der Waals surface area contributed by atoms with Crippen LogP contribution in [0, 0.1) is 11.8 Å². The van der Waals surface area contributed by atoms with Crippen molar-refractivity contribution >= 4 is 11.6 Å². The molecule has 3 rings (SSSR count). The van der Waals surface area contributed by atoms with Gasteiger partial charge in [-0.1, -0.05) is 13.8 Å². The van der Waals surface area contributed by atoms with Crippen molar-refractivity contribution in [1.29, 1.82) is 0 Å². The summed E-state index contributed by atoms with van der Waals surface area (Å²) in [5.41, 5.74) is 0. The Morgan fingerprint density at radius 3 is 1.75 bits per heavy atom. The van der Waals surface area contributed by atoms with Crippen LogP contribution in [0.1, 0.15) is 26.7 Å². The molecule has 0 radical (unpaired) electrons. The lowest BCUT2D eigenvalue weighted by Crippen LogP contribution is -2.45. The van der Waals surface area contributed by atoms with Gasteiger partial charge in [-0.3, -0.25) is 0 Å². The van der Waals surface area contributed by atoms with Crippen LogP contribution in [0.4, 0.5) is 11.6 Å². The number of hydrogen-bond acceptors (Lipinski definition) is 6. The minimum Gasteiger partial charge on any atom is -0.379 e. The summed E-state index contributed by atoms with van der Waals surface area (Å²) in [6, 6.07) is 2.12. The Kier molecular flexibility index (Phi) is 5.56. The molecule has 2 saturated heterocycles. The summed E-state index contributed by atoms with van der Waals surface area (Å²) in [5, 5.41) is 0. The van der Waals surface area contributed by atoms with Crippen LogP contribution in [0.15, 0.2) is 12.4 Å². The highest BCUT2D eigenvalue weighted by molar-refractivity contribution is 5.51. The molecule has 0 aliphatic carbocycles. The van der Waals surface area contributed by atoms with E-state index in [4.69, 9.17) is 9.47 Å². The number of piperidine rings is 2. The van der Waals surface area contributed by atoms with Crippen molar-refractivity contribution in [3.05, 3.63) is 12.4 Å². The van der Waals surface area contributed by atoms with E-state index in [0.717, 1.165) is 50.7 Å². The van der Waals surface area contributed by atoms with E-state index in [9.17, 15) is 0 Å². The van der Waals surface area contributed by atoms with Crippen LogP contribution in [0.5, 0.6) is 0 Å². The highest BCUT2D eigenvalue weighted by Gasteiger charge is 2.29.